The van der Waals surface area contributed by atoms with E-state index in [0.29, 0.717) is 5.56 Å². The summed E-state index contributed by atoms with van der Waals surface area (Å²) in [7, 11) is 1.90. The molecule has 0 bridgehead atoms. The van der Waals surface area contributed by atoms with Gasteiger partial charge >= 0.3 is 0 Å². The topological polar surface area (TPSA) is 24.4 Å². The Morgan fingerprint density at radius 1 is 0.946 bits per heavy atom. The van der Waals surface area contributed by atoms with Gasteiger partial charge in [-0.1, -0.05) is 97.9 Å². The van der Waals surface area contributed by atoms with Crippen molar-refractivity contribution in [3.63, 3.8) is 0 Å². The monoisotopic (exact) mass is 516 g/mol. The molecule has 2 nitrogen and oxygen atoms in total. The van der Waals surface area contributed by atoms with Crippen LogP contribution < -0.4 is 5.32 Å². The summed E-state index contributed by atoms with van der Waals surface area (Å²) in [4.78, 5) is 4.32. The normalized spacial score (nSPS) is 10.4. The number of hydrogen-bond acceptors (Lipinski definition) is 2. The summed E-state index contributed by atoms with van der Waals surface area (Å²) in [6.07, 6.45) is 9.73. The Morgan fingerprint density at radius 3 is 1.68 bits per heavy atom. The van der Waals surface area contributed by atoms with E-state index >= 15 is 0 Å². The number of nitrogens with zero attached hydrogens (tertiary/aromatic N) is 1. The fourth-order valence-electron chi connectivity index (χ4n) is 1.96. The van der Waals surface area contributed by atoms with E-state index in [4.69, 9.17) is 0 Å². The number of aryl methyl sites for hydroxylation is 1. The molecule has 0 radical (unpaired) electrons. The van der Waals surface area contributed by atoms with Crippen LogP contribution in [0.4, 0.5) is 4.39 Å². The Morgan fingerprint density at radius 2 is 1.41 bits per heavy atom. The molecule has 1 rings (SSSR count). The first kappa shape index (κ1) is 44.3. The molecule has 214 valence electrons. The first-order valence-corrected chi connectivity index (χ1v) is 13.7. The summed E-state index contributed by atoms with van der Waals surface area (Å²) in [6, 6.07) is 5.27. The Balaban J connectivity index is -0.000000149. The van der Waals surface area contributed by atoms with Crippen molar-refractivity contribution in [1.29, 1.82) is 0 Å². The molecule has 0 amide bonds. The molecular formula is C34H61FN2. The Hall–Kier alpha value is -2.68. The molecule has 0 spiro atoms. The van der Waals surface area contributed by atoms with Crippen LogP contribution in [0.5, 0.6) is 0 Å². The maximum Gasteiger partial charge on any atom is 0.131 e. The number of aliphatic imine (C=N–C) groups is 1. The van der Waals surface area contributed by atoms with Crippen LogP contribution in [0, 0.1) is 12.7 Å². The Labute approximate surface area is 232 Å². The molecule has 0 aromatic heterocycles. The number of benzene rings is 1. The number of rotatable bonds is 6. The summed E-state index contributed by atoms with van der Waals surface area (Å²) < 4.78 is 13.9. The minimum Gasteiger partial charge on any atom is -0.392 e. The van der Waals surface area contributed by atoms with Crippen LogP contribution in [0.25, 0.3) is 5.57 Å². The molecule has 0 aliphatic heterocycles. The molecule has 0 aliphatic carbocycles. The lowest BCUT2D eigenvalue weighted by molar-refractivity contribution is 0.622. The van der Waals surface area contributed by atoms with Gasteiger partial charge in [0.25, 0.3) is 0 Å². The standard InChI is InChI=1S/C16H20FN.C7H13N.C4H8.C3H8.2C2H6/c1-6-14(10-18-13(5)11(2)3)15-8-7-12(4)9-16(15)17;1-6(2)5-7(3)8-4;1-3-4-2;1-3-2;2*1-2/h7-10H,2,6H2,1,3-5H3;5,8H,1H2,2-4H3;3-4H,1-2H3;3H2,1-2H3;2*1-2H3/b14-10+,18-13?;7-5+;4-3-;;;. The van der Waals surface area contributed by atoms with Crippen molar-refractivity contribution in [2.75, 3.05) is 7.05 Å². The van der Waals surface area contributed by atoms with Crippen molar-refractivity contribution in [2.45, 2.75) is 110 Å². The van der Waals surface area contributed by atoms with Gasteiger partial charge in [0.05, 0.1) is 0 Å². The van der Waals surface area contributed by atoms with Crippen molar-refractivity contribution in [3.8, 4) is 0 Å². The van der Waals surface area contributed by atoms with Gasteiger partial charge in [-0.2, -0.15) is 0 Å². The maximum absolute atomic E-state index is 13.9. The number of allylic oxidation sites excluding steroid dienone is 7. The SMILES string of the molecule is C/C=C\C.C=C(C)/C=C(\C)NC.C=C(C)C(C)=N/C=C(\CC)c1ccc(C)cc1F.CC.CC.CCC. The molecule has 0 saturated carbocycles. The first-order valence-electron chi connectivity index (χ1n) is 13.7. The van der Waals surface area contributed by atoms with Gasteiger partial charge < -0.3 is 5.32 Å². The average Bonchev–Trinajstić information content (AvgIpc) is 2.88. The van der Waals surface area contributed by atoms with Crippen molar-refractivity contribution in [3.05, 3.63) is 89.6 Å². The number of hydrogen-bond donors (Lipinski definition) is 1. The van der Waals surface area contributed by atoms with Crippen molar-refractivity contribution in [2.24, 2.45) is 4.99 Å². The van der Waals surface area contributed by atoms with Crippen LogP contribution in [0.15, 0.2) is 77.6 Å². The smallest absolute Gasteiger partial charge is 0.131 e. The second-order valence-electron chi connectivity index (χ2n) is 7.78. The Bertz CT molecular complexity index is 805. The molecule has 3 heteroatoms. The predicted octanol–water partition coefficient (Wildman–Crippen LogP) is 11.7. The third-order valence-corrected chi connectivity index (χ3v) is 4.07. The lowest BCUT2D eigenvalue weighted by atomic mass is 10.0. The molecule has 0 atom stereocenters. The van der Waals surface area contributed by atoms with Crippen LogP contribution in [-0.4, -0.2) is 12.8 Å². The summed E-state index contributed by atoms with van der Waals surface area (Å²) in [5.74, 6) is -0.189. The highest BCUT2D eigenvalue weighted by Crippen LogP contribution is 2.22. The molecule has 1 N–H and O–H groups in total. The summed E-state index contributed by atoms with van der Waals surface area (Å²) in [5, 5.41) is 3.00. The second kappa shape index (κ2) is 33.3. The molecule has 0 unspecified atom stereocenters. The number of halogens is 1. The highest BCUT2D eigenvalue weighted by Gasteiger charge is 2.06. The van der Waals surface area contributed by atoms with E-state index in [2.05, 4.69) is 37.3 Å². The number of nitrogens with one attached hydrogen (secondary N) is 1. The minimum atomic E-state index is -0.189. The van der Waals surface area contributed by atoms with Crippen molar-refractivity contribution >= 4 is 11.3 Å². The van der Waals surface area contributed by atoms with Gasteiger partial charge in [0.15, 0.2) is 0 Å². The fraction of sp³-hybridized carbons (Fsp3) is 0.500. The largest absolute Gasteiger partial charge is 0.392 e. The molecule has 0 heterocycles. The Kier molecular flexibility index (Phi) is 39.9. The molecule has 0 fully saturated rings. The predicted molar refractivity (Wildman–Crippen MR) is 174 cm³/mol. The average molecular weight is 517 g/mol. The molecule has 0 saturated heterocycles. The zero-order valence-corrected chi connectivity index (χ0v) is 27.2. The van der Waals surface area contributed by atoms with E-state index in [9.17, 15) is 4.39 Å². The van der Waals surface area contributed by atoms with Crippen molar-refractivity contribution in [1.82, 2.24) is 5.32 Å². The van der Waals surface area contributed by atoms with E-state index in [1.807, 2.05) is 120 Å². The lowest BCUT2D eigenvalue weighted by Gasteiger charge is -2.06. The minimum absolute atomic E-state index is 0.189. The van der Waals surface area contributed by atoms with Gasteiger partial charge in [-0.05, 0) is 83.7 Å². The highest BCUT2D eigenvalue weighted by atomic mass is 19.1. The van der Waals surface area contributed by atoms with E-state index < -0.39 is 0 Å². The fourth-order valence-corrected chi connectivity index (χ4v) is 1.96. The quantitative estimate of drug-likeness (QED) is 0.227. The maximum atomic E-state index is 13.9. The van der Waals surface area contributed by atoms with Crippen LogP contribution in [0.2, 0.25) is 0 Å². The molecular weight excluding hydrogens is 455 g/mol. The van der Waals surface area contributed by atoms with E-state index in [0.717, 1.165) is 40.1 Å². The van der Waals surface area contributed by atoms with Crippen LogP contribution in [-0.2, 0) is 0 Å². The summed E-state index contributed by atoms with van der Waals surface area (Å²) >= 11 is 0. The van der Waals surface area contributed by atoms with E-state index in [-0.39, 0.29) is 5.82 Å². The van der Waals surface area contributed by atoms with E-state index in [1.54, 1.807) is 12.3 Å². The molecule has 1 aromatic rings. The van der Waals surface area contributed by atoms with Gasteiger partial charge in [0.2, 0.25) is 0 Å². The summed E-state index contributed by atoms with van der Waals surface area (Å²) in [6.45, 7) is 35.5. The van der Waals surface area contributed by atoms with Gasteiger partial charge in [0.1, 0.15) is 5.82 Å². The zero-order chi connectivity index (χ0) is 30.4. The lowest BCUT2D eigenvalue weighted by Crippen LogP contribution is -2.00. The third-order valence-electron chi connectivity index (χ3n) is 4.07. The van der Waals surface area contributed by atoms with E-state index in [1.165, 1.54) is 6.42 Å². The molecule has 0 aliphatic rings. The summed E-state index contributed by atoms with van der Waals surface area (Å²) in [5.41, 5.74) is 6.47. The van der Waals surface area contributed by atoms with Gasteiger partial charge in [-0.25, -0.2) is 4.39 Å². The van der Waals surface area contributed by atoms with Crippen LogP contribution in [0.3, 0.4) is 0 Å². The van der Waals surface area contributed by atoms with Crippen molar-refractivity contribution < 1.29 is 4.39 Å². The van der Waals surface area contributed by atoms with Gasteiger partial charge in [-0.3, -0.25) is 4.99 Å². The third kappa shape index (κ3) is 31.3. The highest BCUT2D eigenvalue weighted by molar-refractivity contribution is 5.97. The van der Waals surface area contributed by atoms with Gasteiger partial charge in [-0.15, -0.1) is 0 Å². The van der Waals surface area contributed by atoms with Gasteiger partial charge in [0, 0.05) is 30.2 Å². The molecule has 37 heavy (non-hydrogen) atoms. The first-order chi connectivity index (χ1) is 17.4. The van der Waals surface area contributed by atoms with Crippen LogP contribution >= 0.6 is 0 Å². The second-order valence-corrected chi connectivity index (χ2v) is 7.78. The van der Waals surface area contributed by atoms with Crippen LogP contribution in [0.1, 0.15) is 114 Å². The zero-order valence-electron chi connectivity index (χ0n) is 27.2. The molecule has 1 aromatic carbocycles.